The molecule has 1 nitrogen and oxygen atoms in total. The maximum absolute atomic E-state index is 3.38. The smallest absolute Gasteiger partial charge is 0.0155 e. The third kappa shape index (κ3) is 6.39. The molecule has 0 heterocycles. The topological polar surface area (TPSA) is 12.0 Å². The van der Waals surface area contributed by atoms with Crippen LogP contribution < -0.4 is 5.32 Å². The molecule has 0 rings (SSSR count). The van der Waals surface area contributed by atoms with E-state index < -0.39 is 0 Å². The number of rotatable bonds is 7. The molecule has 0 bridgehead atoms. The third-order valence-corrected chi connectivity index (χ3v) is 4.21. The summed E-state index contributed by atoms with van der Waals surface area (Å²) in [6, 6.07) is 0.705. The van der Waals surface area contributed by atoms with Crippen LogP contribution in [0.3, 0.4) is 0 Å². The van der Waals surface area contributed by atoms with Gasteiger partial charge < -0.3 is 5.32 Å². The van der Waals surface area contributed by atoms with Crippen LogP contribution in [0, 0.1) is 5.92 Å². The van der Waals surface area contributed by atoms with Gasteiger partial charge in [0.2, 0.25) is 0 Å². The fraction of sp³-hybridized carbons (Fsp3) is 1.00. The monoisotopic (exact) mass is 203 g/mol. The van der Waals surface area contributed by atoms with Crippen LogP contribution >= 0.6 is 11.8 Å². The zero-order valence-corrected chi connectivity index (χ0v) is 10.6. The highest BCUT2D eigenvalue weighted by atomic mass is 32.2. The van der Waals surface area contributed by atoms with Crippen molar-refractivity contribution in [2.24, 2.45) is 5.92 Å². The Morgan fingerprint density at radius 2 is 1.85 bits per heavy atom. The molecule has 80 valence electrons. The van der Waals surface area contributed by atoms with E-state index in [1.165, 1.54) is 18.6 Å². The van der Waals surface area contributed by atoms with Crippen LogP contribution in [0.4, 0.5) is 0 Å². The molecule has 0 fully saturated rings. The molecule has 0 aliphatic carbocycles. The van der Waals surface area contributed by atoms with E-state index >= 15 is 0 Å². The van der Waals surface area contributed by atoms with Gasteiger partial charge in [0.05, 0.1) is 0 Å². The van der Waals surface area contributed by atoms with Crippen molar-refractivity contribution < 1.29 is 0 Å². The molecule has 0 radical (unpaired) electrons. The van der Waals surface area contributed by atoms with Gasteiger partial charge in [-0.05, 0) is 19.4 Å². The highest BCUT2D eigenvalue weighted by molar-refractivity contribution is 7.99. The lowest BCUT2D eigenvalue weighted by atomic mass is 10.2. The second kappa shape index (κ2) is 7.69. The Balaban J connectivity index is 3.58. The van der Waals surface area contributed by atoms with Crippen LogP contribution in [0.5, 0.6) is 0 Å². The first-order valence-corrected chi connectivity index (χ1v) is 6.45. The van der Waals surface area contributed by atoms with E-state index in [2.05, 4.69) is 51.8 Å². The van der Waals surface area contributed by atoms with Gasteiger partial charge in [0, 0.05) is 17.0 Å². The van der Waals surface area contributed by atoms with Gasteiger partial charge in [-0.1, -0.05) is 34.1 Å². The minimum atomic E-state index is 0.705. The van der Waals surface area contributed by atoms with E-state index in [-0.39, 0.29) is 0 Å². The Hall–Kier alpha value is 0.310. The van der Waals surface area contributed by atoms with E-state index in [0.29, 0.717) is 6.04 Å². The highest BCUT2D eigenvalue weighted by Gasteiger charge is 2.10. The van der Waals surface area contributed by atoms with E-state index in [9.17, 15) is 0 Å². The van der Waals surface area contributed by atoms with Gasteiger partial charge in [0.15, 0.2) is 0 Å². The van der Waals surface area contributed by atoms with Gasteiger partial charge in [-0.15, -0.1) is 0 Å². The van der Waals surface area contributed by atoms with Crippen LogP contribution in [-0.4, -0.2) is 24.1 Å². The van der Waals surface area contributed by atoms with Gasteiger partial charge >= 0.3 is 0 Å². The van der Waals surface area contributed by atoms with Crippen molar-refractivity contribution in [3.63, 3.8) is 0 Å². The van der Waals surface area contributed by atoms with Crippen molar-refractivity contribution in [3.05, 3.63) is 0 Å². The van der Waals surface area contributed by atoms with Crippen LogP contribution in [0.2, 0.25) is 0 Å². The lowest BCUT2D eigenvalue weighted by Gasteiger charge is -2.20. The summed E-state index contributed by atoms with van der Waals surface area (Å²) < 4.78 is 0. The SMILES string of the molecule is CCCC(CSC(C)C(C)C)NC. The lowest BCUT2D eigenvalue weighted by Crippen LogP contribution is -2.28. The maximum atomic E-state index is 3.38. The summed E-state index contributed by atoms with van der Waals surface area (Å²) in [5, 5.41) is 4.16. The fourth-order valence-corrected chi connectivity index (χ4v) is 2.37. The first-order chi connectivity index (χ1) is 6.11. The van der Waals surface area contributed by atoms with Crippen LogP contribution in [-0.2, 0) is 0 Å². The molecule has 2 heteroatoms. The average Bonchev–Trinajstić information content (AvgIpc) is 2.11. The zero-order chi connectivity index (χ0) is 10.3. The average molecular weight is 203 g/mol. The molecule has 0 aromatic rings. The van der Waals surface area contributed by atoms with Gasteiger partial charge in [-0.25, -0.2) is 0 Å². The van der Waals surface area contributed by atoms with Crippen LogP contribution in [0.15, 0.2) is 0 Å². The summed E-state index contributed by atoms with van der Waals surface area (Å²) >= 11 is 2.09. The highest BCUT2D eigenvalue weighted by Crippen LogP contribution is 2.20. The minimum Gasteiger partial charge on any atom is -0.316 e. The van der Waals surface area contributed by atoms with E-state index in [1.54, 1.807) is 0 Å². The van der Waals surface area contributed by atoms with Crippen LogP contribution in [0.25, 0.3) is 0 Å². The molecule has 2 unspecified atom stereocenters. The summed E-state index contributed by atoms with van der Waals surface area (Å²) in [7, 11) is 2.07. The zero-order valence-electron chi connectivity index (χ0n) is 9.76. The molecule has 1 N–H and O–H groups in total. The lowest BCUT2D eigenvalue weighted by molar-refractivity contribution is 0.561. The Labute approximate surface area is 88.1 Å². The predicted octanol–water partition coefficient (Wildman–Crippen LogP) is 3.15. The molecule has 0 saturated carbocycles. The Kier molecular flexibility index (Phi) is 7.87. The van der Waals surface area contributed by atoms with Crippen molar-refractivity contribution >= 4 is 11.8 Å². The molecule has 0 amide bonds. The number of hydrogen-bond acceptors (Lipinski definition) is 2. The van der Waals surface area contributed by atoms with Crippen molar-refractivity contribution in [1.29, 1.82) is 0 Å². The first kappa shape index (κ1) is 13.3. The van der Waals surface area contributed by atoms with Crippen LogP contribution in [0.1, 0.15) is 40.5 Å². The summed E-state index contributed by atoms with van der Waals surface area (Å²) in [4.78, 5) is 0. The van der Waals surface area contributed by atoms with Gasteiger partial charge in [0.1, 0.15) is 0 Å². The maximum Gasteiger partial charge on any atom is 0.0155 e. The largest absolute Gasteiger partial charge is 0.316 e. The van der Waals surface area contributed by atoms with Gasteiger partial charge in [0.25, 0.3) is 0 Å². The van der Waals surface area contributed by atoms with E-state index in [1.807, 2.05) is 0 Å². The number of nitrogens with one attached hydrogen (secondary N) is 1. The molecule has 13 heavy (non-hydrogen) atoms. The molecular weight excluding hydrogens is 178 g/mol. The van der Waals surface area contributed by atoms with Crippen molar-refractivity contribution in [1.82, 2.24) is 5.32 Å². The quantitative estimate of drug-likeness (QED) is 0.682. The first-order valence-electron chi connectivity index (χ1n) is 5.40. The summed E-state index contributed by atoms with van der Waals surface area (Å²) in [6.45, 7) is 9.17. The van der Waals surface area contributed by atoms with E-state index in [0.717, 1.165) is 11.2 Å². The summed E-state index contributed by atoms with van der Waals surface area (Å²) in [5.74, 6) is 2.05. The van der Waals surface area contributed by atoms with Crippen molar-refractivity contribution in [2.75, 3.05) is 12.8 Å². The normalized spacial score (nSPS) is 16.2. The summed E-state index contributed by atoms with van der Waals surface area (Å²) in [5.41, 5.74) is 0. The Morgan fingerprint density at radius 1 is 1.23 bits per heavy atom. The van der Waals surface area contributed by atoms with Gasteiger partial charge in [-0.3, -0.25) is 0 Å². The molecule has 0 aliphatic rings. The number of hydrogen-bond donors (Lipinski definition) is 1. The second-order valence-corrected chi connectivity index (χ2v) is 5.47. The predicted molar refractivity (Wildman–Crippen MR) is 64.5 cm³/mol. The molecule has 0 spiro atoms. The molecule has 0 aromatic carbocycles. The molecule has 0 saturated heterocycles. The van der Waals surface area contributed by atoms with Gasteiger partial charge in [-0.2, -0.15) is 11.8 Å². The fourth-order valence-electron chi connectivity index (χ4n) is 1.12. The molecule has 2 atom stereocenters. The molecule has 0 aromatic heterocycles. The van der Waals surface area contributed by atoms with Crippen molar-refractivity contribution in [3.8, 4) is 0 Å². The Morgan fingerprint density at radius 3 is 2.23 bits per heavy atom. The third-order valence-electron chi connectivity index (χ3n) is 2.54. The minimum absolute atomic E-state index is 0.705. The molecule has 0 aliphatic heterocycles. The summed E-state index contributed by atoms with van der Waals surface area (Å²) in [6.07, 6.45) is 2.58. The van der Waals surface area contributed by atoms with E-state index in [4.69, 9.17) is 0 Å². The van der Waals surface area contributed by atoms with Crippen molar-refractivity contribution in [2.45, 2.75) is 51.8 Å². The Bertz CT molecular complexity index is 115. The number of thioether (sulfide) groups is 1. The molecular formula is C11H25NS. The second-order valence-electron chi connectivity index (χ2n) is 4.06. The standard InChI is InChI=1S/C11H25NS/c1-6-7-11(12-5)8-13-10(4)9(2)3/h9-12H,6-8H2,1-5H3.